The second-order valence-corrected chi connectivity index (χ2v) is 3.41. The summed E-state index contributed by atoms with van der Waals surface area (Å²) in [5.74, 6) is -1.02. The van der Waals surface area contributed by atoms with Crippen LogP contribution in [0, 0.1) is 0 Å². The molecule has 0 aromatic heterocycles. The van der Waals surface area contributed by atoms with Crippen LogP contribution in [0.3, 0.4) is 0 Å². The molecule has 0 saturated carbocycles. The van der Waals surface area contributed by atoms with Gasteiger partial charge in [-0.2, -0.15) is 0 Å². The lowest BCUT2D eigenvalue weighted by Crippen LogP contribution is -2.23. The summed E-state index contributed by atoms with van der Waals surface area (Å²) in [4.78, 5) is 0. The molecule has 0 spiro atoms. The molecule has 1 aliphatic heterocycles. The molecule has 3 nitrogen and oxygen atoms in total. The molecular formula is C10H22O3. The van der Waals surface area contributed by atoms with Gasteiger partial charge in [0.25, 0.3) is 0 Å². The smallest absolute Gasteiger partial charge is 0.183 e. The van der Waals surface area contributed by atoms with Gasteiger partial charge in [-0.25, -0.2) is 0 Å². The van der Waals surface area contributed by atoms with Crippen LogP contribution in [0.4, 0.5) is 0 Å². The van der Waals surface area contributed by atoms with Crippen LogP contribution in [0.2, 0.25) is 0 Å². The summed E-state index contributed by atoms with van der Waals surface area (Å²) >= 11 is 0. The number of aliphatic hydroxyl groups is 1. The van der Waals surface area contributed by atoms with E-state index in [-0.39, 0.29) is 11.6 Å². The van der Waals surface area contributed by atoms with E-state index in [9.17, 15) is 5.11 Å². The first-order chi connectivity index (χ1) is 5.43. The fourth-order valence-corrected chi connectivity index (χ4v) is 1.02. The van der Waals surface area contributed by atoms with Crippen LogP contribution in [0.5, 0.6) is 0 Å². The van der Waals surface area contributed by atoms with Crippen molar-refractivity contribution in [1.29, 1.82) is 0 Å². The quantitative estimate of drug-likeness (QED) is 0.590. The standard InChI is InChI=1S/C7H12O2.C3H8.H2O/c1-5-4-7(3,8)9-6(5)2;1-3-2;/h4,6,8H,1-3H3;3H2,1-2H3;1H2. The maximum atomic E-state index is 9.24. The molecule has 0 saturated heterocycles. The molecule has 1 aliphatic rings. The van der Waals surface area contributed by atoms with E-state index >= 15 is 0 Å². The molecule has 3 N–H and O–H groups in total. The van der Waals surface area contributed by atoms with Crippen molar-refractivity contribution in [3.05, 3.63) is 11.6 Å². The predicted octanol–water partition coefficient (Wildman–Crippen LogP) is 1.65. The van der Waals surface area contributed by atoms with E-state index < -0.39 is 5.79 Å². The molecule has 0 aromatic carbocycles. The Morgan fingerprint density at radius 2 is 1.92 bits per heavy atom. The Morgan fingerprint density at radius 1 is 1.54 bits per heavy atom. The highest BCUT2D eigenvalue weighted by Gasteiger charge is 2.28. The molecule has 80 valence electrons. The molecule has 1 rings (SSSR count). The third kappa shape index (κ3) is 5.80. The van der Waals surface area contributed by atoms with E-state index in [0.717, 1.165) is 5.57 Å². The Bertz CT molecular complexity index is 162. The lowest BCUT2D eigenvalue weighted by molar-refractivity contribution is -0.154. The minimum absolute atomic E-state index is 0. The van der Waals surface area contributed by atoms with Crippen LogP contribution >= 0.6 is 0 Å². The first-order valence-electron chi connectivity index (χ1n) is 4.52. The fourth-order valence-electron chi connectivity index (χ4n) is 1.02. The zero-order valence-electron chi connectivity index (χ0n) is 9.22. The Hall–Kier alpha value is -0.380. The minimum Gasteiger partial charge on any atom is -0.412 e. The van der Waals surface area contributed by atoms with Crippen molar-refractivity contribution in [3.63, 3.8) is 0 Å². The van der Waals surface area contributed by atoms with Crippen molar-refractivity contribution in [2.75, 3.05) is 0 Å². The zero-order valence-corrected chi connectivity index (χ0v) is 9.22. The van der Waals surface area contributed by atoms with Crippen LogP contribution in [-0.4, -0.2) is 22.5 Å². The molecule has 13 heavy (non-hydrogen) atoms. The van der Waals surface area contributed by atoms with E-state index in [0.29, 0.717) is 0 Å². The van der Waals surface area contributed by atoms with Crippen LogP contribution in [0.25, 0.3) is 0 Å². The summed E-state index contributed by atoms with van der Waals surface area (Å²) in [6, 6.07) is 0. The maximum Gasteiger partial charge on any atom is 0.183 e. The van der Waals surface area contributed by atoms with E-state index in [1.165, 1.54) is 6.42 Å². The lowest BCUT2D eigenvalue weighted by atomic mass is 10.2. The first kappa shape index (κ1) is 15.1. The average molecular weight is 190 g/mol. The molecule has 2 unspecified atom stereocenters. The van der Waals surface area contributed by atoms with Crippen molar-refractivity contribution in [3.8, 4) is 0 Å². The normalized spacial score (nSPS) is 31.2. The van der Waals surface area contributed by atoms with Gasteiger partial charge in [0, 0.05) is 0 Å². The van der Waals surface area contributed by atoms with Gasteiger partial charge in [-0.1, -0.05) is 20.3 Å². The Balaban J connectivity index is 0. The van der Waals surface area contributed by atoms with Gasteiger partial charge in [-0.05, 0) is 32.4 Å². The monoisotopic (exact) mass is 190 g/mol. The Kier molecular flexibility index (Phi) is 7.13. The zero-order chi connectivity index (χ0) is 9.78. The molecule has 0 fully saturated rings. The molecular weight excluding hydrogens is 168 g/mol. The molecule has 1 heterocycles. The molecule has 0 amide bonds. The van der Waals surface area contributed by atoms with Crippen molar-refractivity contribution in [1.82, 2.24) is 0 Å². The second-order valence-electron chi connectivity index (χ2n) is 3.41. The molecule has 0 aliphatic carbocycles. The van der Waals surface area contributed by atoms with Gasteiger partial charge in [0.1, 0.15) is 0 Å². The van der Waals surface area contributed by atoms with Crippen LogP contribution in [0.15, 0.2) is 11.6 Å². The van der Waals surface area contributed by atoms with Crippen molar-refractivity contribution < 1.29 is 15.3 Å². The highest BCUT2D eigenvalue weighted by atomic mass is 16.6. The number of rotatable bonds is 0. The maximum absolute atomic E-state index is 9.24. The molecule has 3 heteroatoms. The highest BCUT2D eigenvalue weighted by Crippen LogP contribution is 2.25. The van der Waals surface area contributed by atoms with Crippen LogP contribution in [-0.2, 0) is 4.74 Å². The first-order valence-corrected chi connectivity index (χ1v) is 4.52. The van der Waals surface area contributed by atoms with Gasteiger partial charge in [0.15, 0.2) is 5.79 Å². The van der Waals surface area contributed by atoms with E-state index in [1.807, 2.05) is 13.8 Å². The SMILES string of the molecule is CC1=CC(C)(O)OC1C.CCC.O. The summed E-state index contributed by atoms with van der Waals surface area (Å²) in [7, 11) is 0. The van der Waals surface area contributed by atoms with Crippen molar-refractivity contribution in [2.45, 2.75) is 52.9 Å². The van der Waals surface area contributed by atoms with Gasteiger partial charge >= 0.3 is 0 Å². The van der Waals surface area contributed by atoms with Gasteiger partial charge in [0.2, 0.25) is 0 Å². The lowest BCUT2D eigenvalue weighted by Gasteiger charge is -2.15. The van der Waals surface area contributed by atoms with Gasteiger partial charge in [-0.3, -0.25) is 0 Å². The summed E-state index contributed by atoms with van der Waals surface area (Å²) in [6.45, 7) is 9.76. The fraction of sp³-hybridized carbons (Fsp3) is 0.800. The van der Waals surface area contributed by atoms with Gasteiger partial charge in [-0.15, -0.1) is 0 Å². The van der Waals surface area contributed by atoms with E-state index in [4.69, 9.17) is 4.74 Å². The number of hydrogen-bond acceptors (Lipinski definition) is 2. The Morgan fingerprint density at radius 3 is 2.00 bits per heavy atom. The average Bonchev–Trinajstić information content (AvgIpc) is 2.06. The van der Waals surface area contributed by atoms with Gasteiger partial charge < -0.3 is 15.3 Å². The van der Waals surface area contributed by atoms with E-state index in [1.54, 1.807) is 13.0 Å². The summed E-state index contributed by atoms with van der Waals surface area (Å²) in [5, 5.41) is 9.24. The summed E-state index contributed by atoms with van der Waals surface area (Å²) in [6.07, 6.45) is 3.05. The molecule has 0 aromatic rings. The molecule has 0 radical (unpaired) electrons. The van der Waals surface area contributed by atoms with Gasteiger partial charge in [0.05, 0.1) is 6.10 Å². The van der Waals surface area contributed by atoms with Crippen molar-refractivity contribution >= 4 is 0 Å². The third-order valence-corrected chi connectivity index (χ3v) is 1.55. The number of ether oxygens (including phenoxy) is 1. The predicted molar refractivity (Wildman–Crippen MR) is 54.5 cm³/mol. The third-order valence-electron chi connectivity index (χ3n) is 1.55. The molecule has 2 atom stereocenters. The second kappa shape index (κ2) is 6.13. The van der Waals surface area contributed by atoms with E-state index in [2.05, 4.69) is 13.8 Å². The van der Waals surface area contributed by atoms with Crippen molar-refractivity contribution in [2.24, 2.45) is 0 Å². The molecule has 0 bridgehead atoms. The highest BCUT2D eigenvalue weighted by molar-refractivity contribution is 5.14. The van der Waals surface area contributed by atoms with Crippen LogP contribution in [0.1, 0.15) is 41.0 Å². The Labute approximate surface area is 80.7 Å². The topological polar surface area (TPSA) is 61.0 Å². The van der Waals surface area contributed by atoms with Crippen LogP contribution < -0.4 is 0 Å². The number of hydrogen-bond donors (Lipinski definition) is 1. The largest absolute Gasteiger partial charge is 0.412 e. The minimum atomic E-state index is -1.02. The summed E-state index contributed by atoms with van der Waals surface area (Å²) in [5.41, 5.74) is 1.10. The summed E-state index contributed by atoms with van der Waals surface area (Å²) < 4.78 is 5.12.